The minimum absolute atomic E-state index is 0.0217. The molecule has 0 spiro atoms. The molecule has 1 aromatic carbocycles. The van der Waals surface area contributed by atoms with Gasteiger partial charge in [0.05, 0.1) is 17.2 Å². The Morgan fingerprint density at radius 3 is 2.55 bits per heavy atom. The third-order valence-electron chi connectivity index (χ3n) is 2.87. The number of aliphatic hydroxyl groups excluding tert-OH is 1. The first-order chi connectivity index (χ1) is 10.6. The van der Waals surface area contributed by atoms with E-state index in [4.69, 9.17) is 9.94 Å². The highest BCUT2D eigenvalue weighted by Gasteiger charge is 2.18. The number of aromatic nitrogens is 1. The zero-order chi connectivity index (χ0) is 16.0. The average molecular weight is 320 g/mol. The van der Waals surface area contributed by atoms with Crippen LogP contribution in [0, 0.1) is 0 Å². The summed E-state index contributed by atoms with van der Waals surface area (Å²) in [6.45, 7) is 1.69. The molecule has 0 fully saturated rings. The average Bonchev–Trinajstić information content (AvgIpc) is 2.56. The van der Waals surface area contributed by atoms with Crippen LogP contribution < -0.4 is 0 Å². The molecule has 6 nitrogen and oxygen atoms in total. The van der Waals surface area contributed by atoms with E-state index < -0.39 is 9.84 Å². The van der Waals surface area contributed by atoms with E-state index in [0.29, 0.717) is 11.3 Å². The largest absolute Gasteiger partial charge is 0.393 e. The van der Waals surface area contributed by atoms with E-state index in [9.17, 15) is 8.42 Å². The molecule has 0 bridgehead atoms. The molecule has 2 rings (SSSR count). The fourth-order valence-corrected chi connectivity index (χ4v) is 2.91. The minimum atomic E-state index is -3.62. The summed E-state index contributed by atoms with van der Waals surface area (Å²) in [6.07, 6.45) is 1.43. The number of pyridine rings is 1. The van der Waals surface area contributed by atoms with Crippen LogP contribution >= 0.6 is 0 Å². The Balaban J connectivity index is 2.24. The molecule has 1 N–H and O–H groups in total. The Bertz CT molecular complexity index is 741. The number of rotatable bonds is 6. The quantitative estimate of drug-likeness (QED) is 0.496. The molecule has 0 atom stereocenters. The fourth-order valence-electron chi connectivity index (χ4n) is 1.71. The van der Waals surface area contributed by atoms with E-state index in [1.165, 1.54) is 24.4 Å². The van der Waals surface area contributed by atoms with Gasteiger partial charge in [0, 0.05) is 11.8 Å². The van der Waals surface area contributed by atoms with Gasteiger partial charge in [-0.3, -0.25) is 0 Å². The van der Waals surface area contributed by atoms with Crippen molar-refractivity contribution in [1.29, 1.82) is 0 Å². The summed E-state index contributed by atoms with van der Waals surface area (Å²) in [5, 5.41) is 12.4. The van der Waals surface area contributed by atoms with Crippen molar-refractivity contribution in [1.82, 2.24) is 4.98 Å². The van der Waals surface area contributed by atoms with Crippen molar-refractivity contribution in [2.75, 3.05) is 13.2 Å². The molecule has 1 heterocycles. The summed E-state index contributed by atoms with van der Waals surface area (Å²) in [5.74, 6) is 0. The van der Waals surface area contributed by atoms with Crippen LogP contribution in [0.15, 0.2) is 63.7 Å². The van der Waals surface area contributed by atoms with Crippen molar-refractivity contribution >= 4 is 15.5 Å². The van der Waals surface area contributed by atoms with E-state index in [-0.39, 0.29) is 23.1 Å². The van der Waals surface area contributed by atoms with Crippen LogP contribution in [0.4, 0.5) is 0 Å². The highest BCUT2D eigenvalue weighted by Crippen LogP contribution is 2.18. The Kier molecular flexibility index (Phi) is 5.24. The van der Waals surface area contributed by atoms with E-state index >= 15 is 0 Å². The van der Waals surface area contributed by atoms with Crippen LogP contribution in [0.1, 0.15) is 12.5 Å². The molecule has 0 radical (unpaired) electrons. The smallest absolute Gasteiger partial charge is 0.223 e. The second kappa shape index (κ2) is 7.15. The topological polar surface area (TPSA) is 88.9 Å². The van der Waals surface area contributed by atoms with Gasteiger partial charge in [0.25, 0.3) is 0 Å². The van der Waals surface area contributed by atoms with Gasteiger partial charge >= 0.3 is 0 Å². The first kappa shape index (κ1) is 16.1. The molecule has 0 aliphatic carbocycles. The highest BCUT2D eigenvalue weighted by atomic mass is 32.2. The summed E-state index contributed by atoms with van der Waals surface area (Å²) >= 11 is 0. The maximum Gasteiger partial charge on any atom is 0.223 e. The third kappa shape index (κ3) is 3.69. The van der Waals surface area contributed by atoms with E-state index in [1.54, 1.807) is 31.2 Å². The monoisotopic (exact) mass is 320 g/mol. The third-order valence-corrected chi connectivity index (χ3v) is 4.55. The maximum atomic E-state index is 12.4. The SMILES string of the molecule is C/C(=N/OCCO)c1ccc(S(=O)(=O)c2ccccc2)nc1. The number of hydrogen-bond acceptors (Lipinski definition) is 6. The summed E-state index contributed by atoms with van der Waals surface area (Å²) in [4.78, 5) is 9.06. The van der Waals surface area contributed by atoms with Crippen molar-refractivity contribution < 1.29 is 18.4 Å². The maximum absolute atomic E-state index is 12.4. The van der Waals surface area contributed by atoms with Crippen molar-refractivity contribution in [3.8, 4) is 0 Å². The fraction of sp³-hybridized carbons (Fsp3) is 0.200. The normalized spacial score (nSPS) is 12.2. The summed E-state index contributed by atoms with van der Waals surface area (Å²) < 4.78 is 24.8. The molecule has 0 unspecified atom stereocenters. The Hall–Kier alpha value is -2.25. The van der Waals surface area contributed by atoms with Crippen LogP contribution in [0.5, 0.6) is 0 Å². The number of sulfone groups is 1. The zero-order valence-corrected chi connectivity index (χ0v) is 12.8. The number of hydrogen-bond donors (Lipinski definition) is 1. The van der Waals surface area contributed by atoms with Crippen molar-refractivity contribution in [3.63, 3.8) is 0 Å². The van der Waals surface area contributed by atoms with Crippen LogP contribution in [0.3, 0.4) is 0 Å². The Morgan fingerprint density at radius 1 is 1.23 bits per heavy atom. The van der Waals surface area contributed by atoms with Crippen LogP contribution in [0.25, 0.3) is 0 Å². The van der Waals surface area contributed by atoms with Gasteiger partial charge in [-0.15, -0.1) is 0 Å². The van der Waals surface area contributed by atoms with E-state index in [2.05, 4.69) is 10.1 Å². The predicted octanol–water partition coefficient (Wildman–Crippen LogP) is 1.65. The first-order valence-electron chi connectivity index (χ1n) is 6.59. The lowest BCUT2D eigenvalue weighted by molar-refractivity contribution is 0.0986. The summed E-state index contributed by atoms with van der Waals surface area (Å²) in [7, 11) is -3.62. The molecular formula is C15H16N2O4S. The molecule has 0 aliphatic heterocycles. The zero-order valence-electron chi connectivity index (χ0n) is 12.0. The number of aliphatic hydroxyl groups is 1. The Labute approximate surface area is 129 Å². The van der Waals surface area contributed by atoms with E-state index in [1.807, 2.05) is 0 Å². The number of oxime groups is 1. The van der Waals surface area contributed by atoms with Gasteiger partial charge in [-0.05, 0) is 31.2 Å². The summed E-state index contributed by atoms with van der Waals surface area (Å²) in [5.41, 5.74) is 1.19. The molecule has 116 valence electrons. The molecule has 7 heteroatoms. The molecular weight excluding hydrogens is 304 g/mol. The van der Waals surface area contributed by atoms with Gasteiger partial charge in [0.15, 0.2) is 5.03 Å². The number of nitrogens with zero attached hydrogens (tertiary/aromatic N) is 2. The second-order valence-electron chi connectivity index (χ2n) is 4.44. The molecule has 0 aliphatic rings. The molecule has 0 saturated heterocycles. The van der Waals surface area contributed by atoms with Crippen LogP contribution in [-0.4, -0.2) is 37.4 Å². The van der Waals surface area contributed by atoms with E-state index in [0.717, 1.165) is 0 Å². The molecule has 0 saturated carbocycles. The van der Waals surface area contributed by atoms with Crippen molar-refractivity contribution in [2.24, 2.45) is 5.16 Å². The highest BCUT2D eigenvalue weighted by molar-refractivity contribution is 7.91. The Morgan fingerprint density at radius 2 is 1.95 bits per heavy atom. The van der Waals surface area contributed by atoms with Crippen molar-refractivity contribution in [3.05, 3.63) is 54.2 Å². The lowest BCUT2D eigenvalue weighted by Crippen LogP contribution is -2.06. The second-order valence-corrected chi connectivity index (χ2v) is 6.33. The molecule has 2 aromatic rings. The van der Waals surface area contributed by atoms with Crippen molar-refractivity contribution in [2.45, 2.75) is 16.8 Å². The summed E-state index contributed by atoms with van der Waals surface area (Å²) in [6, 6.07) is 11.2. The lowest BCUT2D eigenvalue weighted by atomic mass is 10.2. The minimum Gasteiger partial charge on any atom is -0.393 e. The number of benzene rings is 1. The van der Waals surface area contributed by atoms with Crippen LogP contribution in [0.2, 0.25) is 0 Å². The van der Waals surface area contributed by atoms with Gasteiger partial charge in [-0.25, -0.2) is 13.4 Å². The van der Waals surface area contributed by atoms with Gasteiger partial charge in [-0.1, -0.05) is 23.4 Å². The molecule has 22 heavy (non-hydrogen) atoms. The molecule has 0 amide bonds. The lowest BCUT2D eigenvalue weighted by Gasteiger charge is -2.05. The van der Waals surface area contributed by atoms with Gasteiger partial charge in [0.1, 0.15) is 6.61 Å². The van der Waals surface area contributed by atoms with Gasteiger partial charge in [-0.2, -0.15) is 0 Å². The predicted molar refractivity (Wildman–Crippen MR) is 81.4 cm³/mol. The van der Waals surface area contributed by atoms with Gasteiger partial charge < -0.3 is 9.94 Å². The molecule has 1 aromatic heterocycles. The van der Waals surface area contributed by atoms with Crippen LogP contribution in [-0.2, 0) is 14.7 Å². The standard InChI is InChI=1S/C15H16N2O4S/c1-12(17-21-10-9-18)13-7-8-15(16-11-13)22(19,20)14-5-3-2-4-6-14/h2-8,11,18H,9-10H2,1H3/b17-12-. The van der Waals surface area contributed by atoms with Gasteiger partial charge in [0.2, 0.25) is 9.84 Å². The first-order valence-corrected chi connectivity index (χ1v) is 8.08.